The van der Waals surface area contributed by atoms with Gasteiger partial charge in [0, 0.05) is 54.4 Å². The summed E-state index contributed by atoms with van der Waals surface area (Å²) in [6, 6.07) is 7.69. The smallest absolute Gasteiger partial charge is 0.300 e. The van der Waals surface area contributed by atoms with E-state index < -0.39 is 87.4 Å². The summed E-state index contributed by atoms with van der Waals surface area (Å²) < 4.78 is 120. The zero-order chi connectivity index (χ0) is 42.4. The van der Waals surface area contributed by atoms with Gasteiger partial charge >= 0.3 is 0 Å². The molecule has 0 aliphatic heterocycles. The molecule has 1 saturated carbocycles. The molecule has 1 fully saturated rings. The van der Waals surface area contributed by atoms with E-state index >= 15 is 8.78 Å². The normalized spacial score (nSPS) is 18.3. The highest BCUT2D eigenvalue weighted by Crippen LogP contribution is 2.71. The van der Waals surface area contributed by atoms with Crippen LogP contribution in [0.25, 0.3) is 22.0 Å². The molecule has 58 heavy (non-hydrogen) atoms. The Bertz CT molecular complexity index is 2610. The van der Waals surface area contributed by atoms with Gasteiger partial charge in [-0.1, -0.05) is 42.8 Å². The van der Waals surface area contributed by atoms with Crippen LogP contribution in [0.1, 0.15) is 79.0 Å². The topological polar surface area (TPSA) is 156 Å². The average Bonchev–Trinajstić information content (AvgIpc) is 3.35. The van der Waals surface area contributed by atoms with E-state index in [1.807, 2.05) is 0 Å². The number of nitrogens with zero attached hydrogens (tertiary/aromatic N) is 5. The number of hydrogen-bond donors (Lipinski definition) is 4. The Kier molecular flexibility index (Phi) is 10.2. The number of halogens is 7. The summed E-state index contributed by atoms with van der Waals surface area (Å²) in [5.74, 6) is -9.67. The second kappa shape index (κ2) is 14.4. The summed E-state index contributed by atoms with van der Waals surface area (Å²) in [7, 11) is -1.36. The minimum atomic E-state index is -4.07. The van der Waals surface area contributed by atoms with Gasteiger partial charge in [-0.25, -0.2) is 22.3 Å². The molecule has 3 heterocycles. The van der Waals surface area contributed by atoms with Crippen LogP contribution in [0.2, 0.25) is 5.02 Å². The van der Waals surface area contributed by atoms with E-state index in [0.29, 0.717) is 27.5 Å². The maximum absolute atomic E-state index is 15.6. The number of alkyl halides is 4. The van der Waals surface area contributed by atoms with E-state index in [-0.39, 0.29) is 50.6 Å². The number of pyridine rings is 1. The number of benzene rings is 2. The monoisotopic (exact) mass is 850 g/mol. The summed E-state index contributed by atoms with van der Waals surface area (Å²) in [6.45, 7) is 7.46. The molecule has 2 aliphatic carbocycles. The lowest BCUT2D eigenvalue weighted by molar-refractivity contribution is -0.122. The maximum Gasteiger partial charge on any atom is 0.300 e. The number of amides is 1. The Labute approximate surface area is 333 Å². The first-order valence-corrected chi connectivity index (χ1v) is 19.7. The Balaban J connectivity index is 1.39. The van der Waals surface area contributed by atoms with Crippen LogP contribution in [0, 0.1) is 17.6 Å². The fraction of sp³-hybridized carbons (Fsp3) is 0.368. The second-order valence-corrected chi connectivity index (χ2v) is 17.0. The molecular weight excluding hydrogens is 814 g/mol. The lowest BCUT2D eigenvalue weighted by atomic mass is 9.87. The molecule has 0 saturated heterocycles. The lowest BCUT2D eigenvalue weighted by Gasteiger charge is -2.28. The number of aromatic nitrogens is 5. The van der Waals surface area contributed by atoms with Crippen molar-refractivity contribution >= 4 is 44.4 Å². The quantitative estimate of drug-likeness (QED) is 0.0740. The molecule has 7 rings (SSSR count). The number of carbonyl (C=O) groups is 1. The number of rotatable bonds is 13. The van der Waals surface area contributed by atoms with Crippen LogP contribution in [0.4, 0.5) is 32.2 Å². The van der Waals surface area contributed by atoms with E-state index in [1.54, 1.807) is 39.0 Å². The van der Waals surface area contributed by atoms with Crippen molar-refractivity contribution in [2.45, 2.75) is 69.6 Å². The second-order valence-electron chi connectivity index (χ2n) is 15.0. The molecule has 1 unspecified atom stereocenters. The molecule has 4 N–H and O–H groups in total. The Morgan fingerprint density at radius 3 is 2.34 bits per heavy atom. The first-order valence-electron chi connectivity index (χ1n) is 17.8. The van der Waals surface area contributed by atoms with Gasteiger partial charge in [-0.15, -0.1) is 0 Å². The molecule has 0 radical (unpaired) electrons. The number of aryl methyl sites for hydroxylation is 1. The number of anilines is 1. The largest absolute Gasteiger partial charge is 0.390 e. The lowest BCUT2D eigenvalue weighted by Crippen LogP contribution is -2.35. The van der Waals surface area contributed by atoms with Crippen molar-refractivity contribution < 1.29 is 44.7 Å². The van der Waals surface area contributed by atoms with Crippen molar-refractivity contribution in [1.82, 2.24) is 34.6 Å². The van der Waals surface area contributed by atoms with Crippen LogP contribution in [0.3, 0.4) is 0 Å². The molecule has 2 aromatic carbocycles. The highest BCUT2D eigenvalue weighted by Gasteiger charge is 2.70. The minimum Gasteiger partial charge on any atom is -0.390 e. The summed E-state index contributed by atoms with van der Waals surface area (Å²) in [5.41, 5.74) is -1.91. The van der Waals surface area contributed by atoms with E-state index in [4.69, 9.17) is 16.6 Å². The molecule has 0 spiro atoms. The third kappa shape index (κ3) is 7.21. The van der Waals surface area contributed by atoms with Crippen LogP contribution in [-0.2, 0) is 40.9 Å². The number of carbonyl (C=O) groups excluding carboxylic acids is 1. The summed E-state index contributed by atoms with van der Waals surface area (Å²) in [6.07, 6.45) is -3.56. The van der Waals surface area contributed by atoms with Crippen LogP contribution >= 0.6 is 11.6 Å². The molecular formula is C38H37ClF6N8O4S. The van der Waals surface area contributed by atoms with Crippen molar-refractivity contribution in [1.29, 1.82) is 0 Å². The van der Waals surface area contributed by atoms with E-state index in [1.165, 1.54) is 24.8 Å². The number of aliphatic hydroxyl groups is 1. The molecule has 20 heteroatoms. The summed E-state index contributed by atoms with van der Waals surface area (Å²) in [5, 5.41) is 22.1. The van der Waals surface area contributed by atoms with Gasteiger partial charge in [-0.2, -0.15) is 27.4 Å². The maximum atomic E-state index is 15.6. The molecule has 1 amide bonds. The van der Waals surface area contributed by atoms with Gasteiger partial charge < -0.3 is 10.4 Å². The first kappa shape index (κ1) is 41.2. The van der Waals surface area contributed by atoms with Crippen molar-refractivity contribution in [2.75, 3.05) is 11.8 Å². The zero-order valence-electron chi connectivity index (χ0n) is 31.5. The average molecular weight is 851 g/mol. The van der Waals surface area contributed by atoms with Crippen molar-refractivity contribution in [2.24, 2.45) is 13.0 Å². The van der Waals surface area contributed by atoms with Gasteiger partial charge in [0.05, 0.1) is 39.2 Å². The molecule has 5 aromatic rings. The first-order chi connectivity index (χ1) is 27.0. The van der Waals surface area contributed by atoms with Crippen LogP contribution in [0.5, 0.6) is 0 Å². The third-order valence-electron chi connectivity index (χ3n) is 10.8. The highest BCUT2D eigenvalue weighted by atomic mass is 35.5. The predicted molar refractivity (Wildman–Crippen MR) is 203 cm³/mol. The molecule has 12 nitrogen and oxygen atoms in total. The van der Waals surface area contributed by atoms with Gasteiger partial charge in [-0.3, -0.25) is 23.9 Å². The van der Waals surface area contributed by atoms with Crippen molar-refractivity contribution in [3.8, 4) is 11.1 Å². The Hall–Kier alpha value is -4.98. The predicted octanol–water partition coefficient (Wildman–Crippen LogP) is 6.93. The molecule has 4 atom stereocenters. The van der Waals surface area contributed by atoms with Crippen LogP contribution < -0.4 is 14.8 Å². The van der Waals surface area contributed by atoms with E-state index in [2.05, 4.69) is 31.5 Å². The van der Waals surface area contributed by atoms with Crippen molar-refractivity contribution in [3.05, 3.63) is 105 Å². The fourth-order valence-corrected chi connectivity index (χ4v) is 8.41. The Morgan fingerprint density at radius 2 is 1.72 bits per heavy atom. The van der Waals surface area contributed by atoms with Gasteiger partial charge in [0.25, 0.3) is 22.6 Å². The van der Waals surface area contributed by atoms with Gasteiger partial charge in [-0.05, 0) is 50.1 Å². The SMILES string of the molecule is C=C1[C@@H]2c3c(C(F)F)nn(CC(=O)N[C@@H](Cc4cc(F)cc(F)c4)c4nc(C(C)C(C)(C)O)ccc4-c4ccc(Cl)c5c(NS(=O)(=O)NC)nn(C)c45)c3C(F)(F)[C@H]12. The van der Waals surface area contributed by atoms with Crippen LogP contribution in [-0.4, -0.2) is 56.6 Å². The van der Waals surface area contributed by atoms with Crippen LogP contribution in [0.15, 0.2) is 54.6 Å². The molecule has 308 valence electrons. The van der Waals surface area contributed by atoms with E-state index in [0.717, 1.165) is 12.1 Å². The van der Waals surface area contributed by atoms with Gasteiger partial charge in [0.1, 0.15) is 29.6 Å². The Morgan fingerprint density at radius 1 is 1.07 bits per heavy atom. The van der Waals surface area contributed by atoms with E-state index in [9.17, 15) is 35.9 Å². The molecule has 3 aromatic heterocycles. The standard InChI is InChI=1S/C38H37ClF6N8O4S/c1-16-27-29-32(35(42)43)49-53(34(29)38(44,45)30(16)27)15-26(54)47-25(13-18-11-19(40)14-20(41)12-18)31-21(8-10-24(48-31)17(2)37(3,4)55)22-7-9-23(39)28-33(22)52(6)50-36(28)51-58(56,57)46-5/h7-12,14,17,25,27,30,35,46,55H,1,13,15H2,2-6H3,(H,47,54)(H,50,51)/t17?,25-,27+,30+/m0/s1. The zero-order valence-corrected chi connectivity index (χ0v) is 33.1. The number of fused-ring (bicyclic) bond motifs is 4. The number of hydrogen-bond acceptors (Lipinski definition) is 7. The third-order valence-corrected chi connectivity index (χ3v) is 12.1. The van der Waals surface area contributed by atoms with Crippen molar-refractivity contribution in [3.63, 3.8) is 0 Å². The highest BCUT2D eigenvalue weighted by molar-refractivity contribution is 7.90. The van der Waals surface area contributed by atoms with Gasteiger partial charge in [0.2, 0.25) is 5.91 Å². The fourth-order valence-electron chi connectivity index (χ4n) is 7.67. The number of allylic oxidation sites excluding steroid dienone is 1. The number of nitrogens with one attached hydrogen (secondary N) is 3. The molecule has 2 aliphatic rings. The van der Waals surface area contributed by atoms with Gasteiger partial charge in [0.15, 0.2) is 5.82 Å². The molecule has 0 bridgehead atoms. The summed E-state index contributed by atoms with van der Waals surface area (Å²) in [4.78, 5) is 18.9. The summed E-state index contributed by atoms with van der Waals surface area (Å²) >= 11 is 6.62. The minimum absolute atomic E-state index is 0.0483.